The van der Waals surface area contributed by atoms with Gasteiger partial charge in [-0.2, -0.15) is 0 Å². The van der Waals surface area contributed by atoms with Gasteiger partial charge in [0.1, 0.15) is 11.2 Å². The molecule has 0 radical (unpaired) electrons. The first-order valence-electron chi connectivity index (χ1n) is 11.8. The lowest BCUT2D eigenvalue weighted by atomic mass is 9.89. The maximum absolute atomic E-state index is 13.8. The van der Waals surface area contributed by atoms with E-state index in [1.54, 1.807) is 11.3 Å². The van der Waals surface area contributed by atoms with E-state index in [-0.39, 0.29) is 23.9 Å². The third-order valence-corrected chi connectivity index (χ3v) is 8.43. The molecule has 2 saturated carbocycles. The summed E-state index contributed by atoms with van der Waals surface area (Å²) in [5, 5.41) is 5.42. The Morgan fingerprint density at radius 2 is 1.73 bits per heavy atom. The third-order valence-electron chi connectivity index (χ3n) is 7.58. The molecule has 30 heavy (non-hydrogen) atoms. The van der Waals surface area contributed by atoms with Gasteiger partial charge < -0.3 is 14.8 Å². The van der Waals surface area contributed by atoms with E-state index in [9.17, 15) is 9.59 Å². The second-order valence-electron chi connectivity index (χ2n) is 9.69. The molecule has 5 nitrogen and oxygen atoms in total. The first-order valence-corrected chi connectivity index (χ1v) is 12.7. The predicted octanol–water partition coefficient (Wildman–Crippen LogP) is 5.09. The molecule has 6 heteroatoms. The van der Waals surface area contributed by atoms with Gasteiger partial charge in [0.25, 0.3) is 5.91 Å². The summed E-state index contributed by atoms with van der Waals surface area (Å²) in [6.07, 6.45) is 12.5. The molecule has 1 aliphatic heterocycles. The maximum atomic E-state index is 13.8. The van der Waals surface area contributed by atoms with Crippen molar-refractivity contribution in [3.63, 3.8) is 0 Å². The average Bonchev–Trinajstić information content (AvgIpc) is 3.23. The van der Waals surface area contributed by atoms with Crippen LogP contribution in [0.3, 0.4) is 0 Å². The highest BCUT2D eigenvalue weighted by Gasteiger charge is 2.50. The molecule has 2 aromatic rings. The van der Waals surface area contributed by atoms with Gasteiger partial charge in [-0.05, 0) is 50.1 Å². The fourth-order valence-electron chi connectivity index (χ4n) is 5.91. The summed E-state index contributed by atoms with van der Waals surface area (Å²) in [5.41, 5.74) is 0.995. The maximum Gasteiger partial charge on any atom is 0.271 e. The summed E-state index contributed by atoms with van der Waals surface area (Å²) in [6, 6.07) is 4.52. The van der Waals surface area contributed by atoms with E-state index in [2.05, 4.69) is 21.3 Å². The zero-order chi connectivity index (χ0) is 20.7. The minimum atomic E-state index is -0.843. The molecule has 1 N–H and O–H groups in total. The van der Waals surface area contributed by atoms with E-state index in [0.717, 1.165) is 54.4 Å². The number of nitrogens with zero attached hydrogens (tertiary/aromatic N) is 2. The van der Waals surface area contributed by atoms with Crippen molar-refractivity contribution in [3.05, 3.63) is 23.2 Å². The number of rotatable bonds is 3. The predicted molar refractivity (Wildman–Crippen MR) is 121 cm³/mol. The number of thiophene rings is 1. The van der Waals surface area contributed by atoms with Crippen LogP contribution >= 0.6 is 11.3 Å². The minimum Gasteiger partial charge on any atom is -0.351 e. The van der Waals surface area contributed by atoms with Gasteiger partial charge in [0.05, 0.1) is 16.8 Å². The van der Waals surface area contributed by atoms with Crippen molar-refractivity contribution < 1.29 is 9.59 Å². The lowest BCUT2D eigenvalue weighted by molar-refractivity contribution is -0.135. The van der Waals surface area contributed by atoms with Crippen LogP contribution in [0.4, 0.5) is 0 Å². The van der Waals surface area contributed by atoms with Gasteiger partial charge >= 0.3 is 0 Å². The lowest BCUT2D eigenvalue weighted by Crippen LogP contribution is -2.67. The van der Waals surface area contributed by atoms with E-state index >= 15 is 0 Å². The SMILES string of the molecule is CC1(C(=O)NC2CCCCC2)Cn2c(cc3sccc32)C(=O)N1C1CCCCCC1. The Hall–Kier alpha value is -1.82. The summed E-state index contributed by atoms with van der Waals surface area (Å²) in [4.78, 5) is 29.6. The van der Waals surface area contributed by atoms with Crippen LogP contribution in [0.5, 0.6) is 0 Å². The number of carbonyl (C=O) groups excluding carboxylic acids is 2. The van der Waals surface area contributed by atoms with E-state index in [4.69, 9.17) is 0 Å². The first-order chi connectivity index (χ1) is 14.6. The minimum absolute atomic E-state index is 0.0368. The van der Waals surface area contributed by atoms with Crippen molar-refractivity contribution >= 4 is 33.4 Å². The van der Waals surface area contributed by atoms with Crippen LogP contribution in [-0.2, 0) is 11.3 Å². The van der Waals surface area contributed by atoms with Crippen molar-refractivity contribution in [2.45, 2.75) is 102 Å². The Labute approximate surface area is 182 Å². The van der Waals surface area contributed by atoms with Crippen molar-refractivity contribution in [3.8, 4) is 0 Å². The number of nitrogens with one attached hydrogen (secondary N) is 1. The smallest absolute Gasteiger partial charge is 0.271 e. The average molecular weight is 428 g/mol. The molecule has 5 rings (SSSR count). The van der Waals surface area contributed by atoms with Crippen LogP contribution in [-0.4, -0.2) is 38.9 Å². The van der Waals surface area contributed by atoms with Crippen molar-refractivity contribution in [1.29, 1.82) is 0 Å². The van der Waals surface area contributed by atoms with Crippen LogP contribution in [0.1, 0.15) is 88.0 Å². The lowest BCUT2D eigenvalue weighted by Gasteiger charge is -2.48. The number of amides is 2. The number of fused-ring (bicyclic) bond motifs is 3. The van der Waals surface area contributed by atoms with Crippen LogP contribution in [0.15, 0.2) is 17.5 Å². The molecule has 3 heterocycles. The normalized spacial score (nSPS) is 26.6. The molecule has 0 saturated heterocycles. The molecule has 2 fully saturated rings. The standard InChI is InChI=1S/C24H33N3O2S/c1-24(23(29)25-17-9-5-4-6-10-17)16-26-19-13-14-30-21(19)15-20(26)22(28)27(24)18-11-7-2-3-8-12-18/h13-15,17-18H,2-12,16H2,1H3,(H,25,29). The highest BCUT2D eigenvalue weighted by Crippen LogP contribution is 2.38. The summed E-state index contributed by atoms with van der Waals surface area (Å²) < 4.78 is 3.23. The Morgan fingerprint density at radius 1 is 1.07 bits per heavy atom. The molecular formula is C24H33N3O2S. The molecule has 2 aliphatic carbocycles. The number of hydrogen-bond donors (Lipinski definition) is 1. The largest absolute Gasteiger partial charge is 0.351 e. The van der Waals surface area contributed by atoms with E-state index in [1.165, 1.54) is 32.1 Å². The van der Waals surface area contributed by atoms with E-state index in [1.807, 2.05) is 17.9 Å². The van der Waals surface area contributed by atoms with Crippen LogP contribution in [0.25, 0.3) is 10.2 Å². The van der Waals surface area contributed by atoms with Crippen molar-refractivity contribution in [2.75, 3.05) is 0 Å². The molecule has 1 unspecified atom stereocenters. The second-order valence-corrected chi connectivity index (χ2v) is 10.6. The highest BCUT2D eigenvalue weighted by molar-refractivity contribution is 7.17. The molecule has 0 spiro atoms. The quantitative estimate of drug-likeness (QED) is 0.694. The van der Waals surface area contributed by atoms with E-state index < -0.39 is 5.54 Å². The molecule has 0 aromatic carbocycles. The zero-order valence-electron chi connectivity index (χ0n) is 18.0. The molecular weight excluding hydrogens is 394 g/mol. The summed E-state index contributed by atoms with van der Waals surface area (Å²) in [6.45, 7) is 2.55. The van der Waals surface area contributed by atoms with Gasteiger partial charge in [-0.1, -0.05) is 44.9 Å². The topological polar surface area (TPSA) is 54.3 Å². The van der Waals surface area contributed by atoms with Gasteiger partial charge in [0.2, 0.25) is 5.91 Å². The molecule has 1 atom stereocenters. The molecule has 3 aliphatic rings. The van der Waals surface area contributed by atoms with Gasteiger partial charge in [0.15, 0.2) is 0 Å². The van der Waals surface area contributed by atoms with Crippen LogP contribution in [0.2, 0.25) is 0 Å². The van der Waals surface area contributed by atoms with Gasteiger partial charge in [-0.25, -0.2) is 0 Å². The Bertz CT molecular complexity index is 934. The molecule has 0 bridgehead atoms. The second kappa shape index (κ2) is 8.03. The van der Waals surface area contributed by atoms with E-state index in [0.29, 0.717) is 6.54 Å². The number of hydrogen-bond acceptors (Lipinski definition) is 3. The monoisotopic (exact) mass is 427 g/mol. The fourth-order valence-corrected chi connectivity index (χ4v) is 6.73. The van der Waals surface area contributed by atoms with Gasteiger partial charge in [-0.3, -0.25) is 9.59 Å². The Kier molecular flexibility index (Phi) is 5.38. The van der Waals surface area contributed by atoms with Crippen molar-refractivity contribution in [1.82, 2.24) is 14.8 Å². The van der Waals surface area contributed by atoms with Gasteiger partial charge in [0, 0.05) is 12.1 Å². The molecule has 162 valence electrons. The highest BCUT2D eigenvalue weighted by atomic mass is 32.1. The Morgan fingerprint density at radius 3 is 2.47 bits per heavy atom. The number of aromatic nitrogens is 1. The summed E-state index contributed by atoms with van der Waals surface area (Å²) >= 11 is 1.67. The van der Waals surface area contributed by atoms with Crippen LogP contribution < -0.4 is 5.32 Å². The third kappa shape index (κ3) is 3.37. The van der Waals surface area contributed by atoms with Crippen LogP contribution in [0, 0.1) is 0 Å². The zero-order valence-corrected chi connectivity index (χ0v) is 18.8. The summed E-state index contributed by atoms with van der Waals surface area (Å²) in [7, 11) is 0. The van der Waals surface area contributed by atoms with Crippen molar-refractivity contribution in [2.24, 2.45) is 0 Å². The van der Waals surface area contributed by atoms with Gasteiger partial charge in [-0.15, -0.1) is 11.3 Å². The Balaban J connectivity index is 1.53. The molecule has 2 aromatic heterocycles. The first kappa shape index (κ1) is 20.1. The number of carbonyl (C=O) groups is 2. The molecule has 2 amide bonds. The fraction of sp³-hybridized carbons (Fsp3) is 0.667. The summed E-state index contributed by atoms with van der Waals surface area (Å²) in [5.74, 6) is 0.0765.